The summed E-state index contributed by atoms with van der Waals surface area (Å²) in [6, 6.07) is 13.0. The minimum atomic E-state index is -0.0438. The van der Waals surface area contributed by atoms with Crippen LogP contribution in [0.2, 0.25) is 5.02 Å². The van der Waals surface area contributed by atoms with E-state index in [-0.39, 0.29) is 11.8 Å². The van der Waals surface area contributed by atoms with Crippen molar-refractivity contribution >= 4 is 34.8 Å². The van der Waals surface area contributed by atoms with Gasteiger partial charge in [0.25, 0.3) is 5.91 Å². The Bertz CT molecular complexity index is 1400. The van der Waals surface area contributed by atoms with E-state index in [9.17, 15) is 9.59 Å². The minimum absolute atomic E-state index is 0.0352. The second-order valence-corrected chi connectivity index (χ2v) is 10.2. The molecule has 1 aliphatic heterocycles. The summed E-state index contributed by atoms with van der Waals surface area (Å²) < 4.78 is 13.5. The van der Waals surface area contributed by atoms with Crippen molar-refractivity contribution in [2.75, 3.05) is 26.2 Å². The van der Waals surface area contributed by atoms with Crippen LogP contribution in [0.4, 0.5) is 0 Å². The first-order chi connectivity index (χ1) is 17.9. The van der Waals surface area contributed by atoms with Crippen molar-refractivity contribution in [3.8, 4) is 17.1 Å². The van der Waals surface area contributed by atoms with Gasteiger partial charge in [-0.2, -0.15) is 0 Å². The van der Waals surface area contributed by atoms with Gasteiger partial charge in [-0.05, 0) is 37.3 Å². The zero-order chi connectivity index (χ0) is 25.9. The van der Waals surface area contributed by atoms with Crippen LogP contribution < -0.4 is 4.74 Å². The molecule has 1 aromatic carbocycles. The van der Waals surface area contributed by atoms with Gasteiger partial charge in [-0.3, -0.25) is 9.59 Å². The first kappa shape index (κ1) is 25.1. The standard InChI is InChI=1S/C27H27ClN4O4S/c1-18-21(27(34)31-11-9-30(10-12-31)19(2)33)14-24(32(18)15-20-6-5-13-35-20)23-17-37-26(29-23)16-36-25-8-4-3-7-22(25)28/h3-8,13-14,17H,9-12,15-16H2,1-2H3. The van der Waals surface area contributed by atoms with Crippen molar-refractivity contribution in [1.82, 2.24) is 19.4 Å². The van der Waals surface area contributed by atoms with Crippen LogP contribution in [0, 0.1) is 6.92 Å². The average molecular weight is 539 g/mol. The number of aromatic nitrogens is 2. The number of nitrogens with zero attached hydrogens (tertiary/aromatic N) is 4. The fourth-order valence-electron chi connectivity index (χ4n) is 4.43. The molecule has 10 heteroatoms. The quantitative estimate of drug-likeness (QED) is 0.327. The Labute approximate surface area is 224 Å². The van der Waals surface area contributed by atoms with Crippen LogP contribution in [-0.4, -0.2) is 57.3 Å². The number of furan rings is 1. The van der Waals surface area contributed by atoms with E-state index >= 15 is 0 Å². The van der Waals surface area contributed by atoms with Gasteiger partial charge in [0.2, 0.25) is 5.91 Å². The molecule has 5 rings (SSSR count). The number of amides is 2. The Balaban J connectivity index is 1.41. The summed E-state index contributed by atoms with van der Waals surface area (Å²) >= 11 is 7.70. The molecule has 8 nitrogen and oxygen atoms in total. The molecule has 1 fully saturated rings. The zero-order valence-electron chi connectivity index (χ0n) is 20.6. The maximum Gasteiger partial charge on any atom is 0.255 e. The highest BCUT2D eigenvalue weighted by Gasteiger charge is 2.27. The lowest BCUT2D eigenvalue weighted by Gasteiger charge is -2.34. The number of hydrogen-bond acceptors (Lipinski definition) is 6. The third kappa shape index (κ3) is 5.42. The van der Waals surface area contributed by atoms with Crippen molar-refractivity contribution in [1.29, 1.82) is 0 Å². The lowest BCUT2D eigenvalue weighted by molar-refractivity contribution is -0.130. The number of ether oxygens (including phenoxy) is 1. The van der Waals surface area contributed by atoms with Crippen LogP contribution in [-0.2, 0) is 17.9 Å². The third-order valence-electron chi connectivity index (χ3n) is 6.51. The Hall–Kier alpha value is -3.56. The monoisotopic (exact) mass is 538 g/mol. The number of benzene rings is 1. The molecular weight excluding hydrogens is 512 g/mol. The lowest BCUT2D eigenvalue weighted by Crippen LogP contribution is -2.50. The van der Waals surface area contributed by atoms with Crippen molar-refractivity contribution in [3.63, 3.8) is 0 Å². The molecule has 0 aliphatic carbocycles. The average Bonchev–Trinajstić information content (AvgIpc) is 3.65. The number of thiazole rings is 1. The van der Waals surface area contributed by atoms with Gasteiger partial charge in [-0.1, -0.05) is 23.7 Å². The van der Waals surface area contributed by atoms with Gasteiger partial charge in [-0.15, -0.1) is 11.3 Å². The highest BCUT2D eigenvalue weighted by atomic mass is 35.5. The Morgan fingerprint density at radius 2 is 1.86 bits per heavy atom. The van der Waals surface area contributed by atoms with Crippen molar-refractivity contribution in [2.24, 2.45) is 0 Å². The number of carbonyl (C=O) groups is 2. The molecule has 0 radical (unpaired) electrons. The summed E-state index contributed by atoms with van der Waals surface area (Å²) in [5, 5.41) is 3.32. The van der Waals surface area contributed by atoms with Gasteiger partial charge >= 0.3 is 0 Å². The molecule has 1 saturated heterocycles. The zero-order valence-corrected chi connectivity index (χ0v) is 22.2. The van der Waals surface area contributed by atoms with E-state index in [0.29, 0.717) is 55.7 Å². The maximum atomic E-state index is 13.5. The summed E-state index contributed by atoms with van der Waals surface area (Å²) in [5.41, 5.74) is 3.06. The van der Waals surface area contributed by atoms with E-state index in [1.165, 1.54) is 11.3 Å². The molecule has 1 aliphatic rings. The first-order valence-electron chi connectivity index (χ1n) is 12.0. The van der Waals surface area contributed by atoms with E-state index in [1.807, 2.05) is 53.6 Å². The molecule has 0 spiro atoms. The summed E-state index contributed by atoms with van der Waals surface area (Å²) in [6.07, 6.45) is 1.64. The summed E-state index contributed by atoms with van der Waals surface area (Å²) in [7, 11) is 0. The molecule has 3 aromatic heterocycles. The smallest absolute Gasteiger partial charge is 0.255 e. The topological polar surface area (TPSA) is 80.8 Å². The highest BCUT2D eigenvalue weighted by Crippen LogP contribution is 2.30. The number of rotatable bonds is 7. The van der Waals surface area contributed by atoms with Crippen molar-refractivity contribution < 1.29 is 18.7 Å². The highest BCUT2D eigenvalue weighted by molar-refractivity contribution is 7.09. The van der Waals surface area contributed by atoms with Crippen molar-refractivity contribution in [2.45, 2.75) is 27.0 Å². The summed E-state index contributed by atoms with van der Waals surface area (Å²) in [5.74, 6) is 1.38. The molecule has 0 bridgehead atoms. The maximum absolute atomic E-state index is 13.5. The molecule has 192 valence electrons. The van der Waals surface area contributed by atoms with E-state index in [0.717, 1.165) is 27.8 Å². The number of halogens is 1. The SMILES string of the molecule is CC(=O)N1CCN(C(=O)c2cc(-c3csc(COc4ccccc4Cl)n3)n(Cc3ccco3)c2C)CC1. The number of piperazine rings is 1. The van der Waals surface area contributed by atoms with Crippen LogP contribution in [0.25, 0.3) is 11.4 Å². The number of carbonyl (C=O) groups excluding carboxylic acids is 2. The normalized spacial score (nSPS) is 13.7. The molecular formula is C27H27ClN4O4S. The van der Waals surface area contributed by atoms with Gasteiger partial charge in [0.05, 0.1) is 34.8 Å². The molecule has 0 N–H and O–H groups in total. The molecule has 0 saturated carbocycles. The Kier molecular flexibility index (Phi) is 7.34. The lowest BCUT2D eigenvalue weighted by atomic mass is 10.2. The van der Waals surface area contributed by atoms with Crippen LogP contribution in [0.5, 0.6) is 5.75 Å². The molecule has 37 heavy (non-hydrogen) atoms. The fraction of sp³-hybridized carbons (Fsp3) is 0.296. The largest absolute Gasteiger partial charge is 0.485 e. The van der Waals surface area contributed by atoms with E-state index in [2.05, 4.69) is 4.57 Å². The first-order valence-corrected chi connectivity index (χ1v) is 13.3. The Morgan fingerprint density at radius 3 is 2.57 bits per heavy atom. The second kappa shape index (κ2) is 10.8. The van der Waals surface area contributed by atoms with Crippen LogP contribution in [0.1, 0.15) is 33.7 Å². The molecule has 2 amide bonds. The number of para-hydroxylation sites is 1. The Morgan fingerprint density at radius 1 is 1.11 bits per heavy atom. The number of hydrogen-bond donors (Lipinski definition) is 0. The van der Waals surface area contributed by atoms with Gasteiger partial charge in [-0.25, -0.2) is 4.98 Å². The molecule has 0 atom stereocenters. The van der Waals surface area contributed by atoms with Crippen LogP contribution in [0.3, 0.4) is 0 Å². The minimum Gasteiger partial charge on any atom is -0.485 e. The van der Waals surface area contributed by atoms with E-state index < -0.39 is 0 Å². The predicted molar refractivity (Wildman–Crippen MR) is 142 cm³/mol. The van der Waals surface area contributed by atoms with Crippen LogP contribution >= 0.6 is 22.9 Å². The summed E-state index contributed by atoms with van der Waals surface area (Å²) in [4.78, 5) is 33.6. The molecule has 4 heterocycles. The third-order valence-corrected chi connectivity index (χ3v) is 7.64. The van der Waals surface area contributed by atoms with Gasteiger partial charge in [0.1, 0.15) is 23.1 Å². The van der Waals surface area contributed by atoms with Crippen LogP contribution in [0.15, 0.2) is 58.5 Å². The molecule has 0 unspecified atom stereocenters. The second-order valence-electron chi connectivity index (χ2n) is 8.84. The van der Waals surface area contributed by atoms with E-state index in [1.54, 1.807) is 24.2 Å². The van der Waals surface area contributed by atoms with Gasteiger partial charge in [0.15, 0.2) is 0 Å². The van der Waals surface area contributed by atoms with E-state index in [4.69, 9.17) is 25.7 Å². The van der Waals surface area contributed by atoms with Gasteiger partial charge < -0.3 is 23.5 Å². The van der Waals surface area contributed by atoms with Crippen molar-refractivity contribution in [3.05, 3.63) is 81.2 Å². The van der Waals surface area contributed by atoms with Gasteiger partial charge in [0, 0.05) is 44.2 Å². The fourth-order valence-corrected chi connectivity index (χ4v) is 5.32. The molecule has 4 aromatic rings. The predicted octanol–water partition coefficient (Wildman–Crippen LogP) is 5.10. The summed E-state index contributed by atoms with van der Waals surface area (Å²) in [6.45, 7) is 6.38.